The lowest BCUT2D eigenvalue weighted by Gasteiger charge is -2.19. The Labute approximate surface area is 154 Å². The molecule has 3 rings (SSSR count). The van der Waals surface area contributed by atoms with Crippen LogP contribution in [0.4, 0.5) is 0 Å². The lowest BCUT2D eigenvalue weighted by atomic mass is 10.1. The molecule has 0 aromatic heterocycles. The van der Waals surface area contributed by atoms with Crippen molar-refractivity contribution in [1.82, 2.24) is 5.32 Å². The van der Waals surface area contributed by atoms with Gasteiger partial charge in [-0.25, -0.2) is 0 Å². The van der Waals surface area contributed by atoms with Gasteiger partial charge in [0.1, 0.15) is 13.2 Å². The zero-order valence-electron chi connectivity index (χ0n) is 13.6. The number of amides is 1. The molecule has 0 radical (unpaired) electrons. The van der Waals surface area contributed by atoms with Crippen LogP contribution < -0.4 is 14.8 Å². The Hall–Kier alpha value is -2.34. The molecular weight excluding hydrogens is 386 g/mol. The molecule has 5 nitrogen and oxygen atoms in total. The molecule has 0 aliphatic carbocycles. The fourth-order valence-corrected chi connectivity index (χ4v) is 2.76. The second-order valence-corrected chi connectivity index (χ2v) is 6.60. The van der Waals surface area contributed by atoms with E-state index >= 15 is 0 Å². The van der Waals surface area contributed by atoms with Crippen molar-refractivity contribution in [3.05, 3.63) is 58.1 Å². The van der Waals surface area contributed by atoms with Gasteiger partial charge in [0.05, 0.1) is 0 Å². The van der Waals surface area contributed by atoms with Crippen LogP contribution in [0.3, 0.4) is 0 Å². The Kier molecular flexibility index (Phi) is 5.71. The number of Topliss-reactive ketones (excluding diaryl/α,β-unsaturated/α-hetero) is 1. The molecule has 0 saturated heterocycles. The SMILES string of the molecule is O=C(CCC(=O)c1ccc(Br)cc1)NCc1ccc2c(c1)OCCO2. The maximum Gasteiger partial charge on any atom is 0.220 e. The van der Waals surface area contributed by atoms with Crippen LogP contribution in [0, 0.1) is 0 Å². The van der Waals surface area contributed by atoms with E-state index in [9.17, 15) is 9.59 Å². The highest BCUT2D eigenvalue weighted by molar-refractivity contribution is 9.10. The van der Waals surface area contributed by atoms with E-state index in [2.05, 4.69) is 21.2 Å². The van der Waals surface area contributed by atoms with Crippen molar-refractivity contribution >= 4 is 27.6 Å². The first-order valence-corrected chi connectivity index (χ1v) is 8.85. The maximum absolute atomic E-state index is 12.1. The zero-order valence-corrected chi connectivity index (χ0v) is 15.2. The summed E-state index contributed by atoms with van der Waals surface area (Å²) >= 11 is 3.33. The highest BCUT2D eigenvalue weighted by atomic mass is 79.9. The second-order valence-electron chi connectivity index (χ2n) is 5.68. The summed E-state index contributed by atoms with van der Waals surface area (Å²) in [4.78, 5) is 24.0. The third kappa shape index (κ3) is 4.82. The van der Waals surface area contributed by atoms with Gasteiger partial charge in [0.25, 0.3) is 0 Å². The molecule has 1 amide bonds. The number of fused-ring (bicyclic) bond motifs is 1. The van der Waals surface area contributed by atoms with Crippen LogP contribution in [0.15, 0.2) is 46.9 Å². The molecule has 1 N–H and O–H groups in total. The molecule has 0 spiro atoms. The molecule has 6 heteroatoms. The normalized spacial score (nSPS) is 12.5. The van der Waals surface area contributed by atoms with Crippen LogP contribution in [-0.2, 0) is 11.3 Å². The Morgan fingerprint density at radius 3 is 2.44 bits per heavy atom. The monoisotopic (exact) mass is 403 g/mol. The van der Waals surface area contributed by atoms with Crippen molar-refractivity contribution in [2.75, 3.05) is 13.2 Å². The molecule has 130 valence electrons. The van der Waals surface area contributed by atoms with E-state index < -0.39 is 0 Å². The topological polar surface area (TPSA) is 64.6 Å². The van der Waals surface area contributed by atoms with Crippen molar-refractivity contribution < 1.29 is 19.1 Å². The highest BCUT2D eigenvalue weighted by Crippen LogP contribution is 2.30. The van der Waals surface area contributed by atoms with E-state index in [1.165, 1.54) is 0 Å². The minimum atomic E-state index is -0.152. The van der Waals surface area contributed by atoms with Crippen molar-refractivity contribution in [2.45, 2.75) is 19.4 Å². The summed E-state index contributed by atoms with van der Waals surface area (Å²) in [6.07, 6.45) is 0.355. The third-order valence-electron chi connectivity index (χ3n) is 3.84. The molecule has 2 aromatic rings. The number of halogens is 1. The molecular formula is C19H18BrNO4. The number of carbonyl (C=O) groups is 2. The molecule has 1 heterocycles. The summed E-state index contributed by atoms with van der Waals surface area (Å²) in [7, 11) is 0. The van der Waals surface area contributed by atoms with Gasteiger partial charge in [-0.15, -0.1) is 0 Å². The van der Waals surface area contributed by atoms with E-state index in [1.807, 2.05) is 30.3 Å². The first-order chi connectivity index (χ1) is 12.1. The molecule has 0 fully saturated rings. The van der Waals surface area contributed by atoms with Crippen LogP contribution in [0.25, 0.3) is 0 Å². The number of hydrogen-bond acceptors (Lipinski definition) is 4. The quantitative estimate of drug-likeness (QED) is 0.749. The van der Waals surface area contributed by atoms with Gasteiger partial charge in [0.15, 0.2) is 17.3 Å². The van der Waals surface area contributed by atoms with Gasteiger partial charge in [0.2, 0.25) is 5.91 Å². The largest absolute Gasteiger partial charge is 0.486 e. The molecule has 2 aromatic carbocycles. The summed E-state index contributed by atoms with van der Waals surface area (Å²) in [5.41, 5.74) is 1.54. The van der Waals surface area contributed by atoms with E-state index in [1.54, 1.807) is 12.1 Å². The van der Waals surface area contributed by atoms with Crippen LogP contribution in [0.2, 0.25) is 0 Å². The first kappa shape index (κ1) is 17.5. The predicted octanol–water partition coefficient (Wildman–Crippen LogP) is 3.50. The summed E-state index contributed by atoms with van der Waals surface area (Å²) in [5, 5.41) is 2.83. The highest BCUT2D eigenvalue weighted by Gasteiger charge is 2.13. The van der Waals surface area contributed by atoms with E-state index in [4.69, 9.17) is 9.47 Å². The minimum Gasteiger partial charge on any atom is -0.486 e. The number of benzene rings is 2. The maximum atomic E-state index is 12.1. The second kappa shape index (κ2) is 8.16. The molecule has 1 aliphatic rings. The minimum absolute atomic E-state index is 0.0398. The van der Waals surface area contributed by atoms with Gasteiger partial charge in [-0.3, -0.25) is 9.59 Å². The summed E-state index contributed by atoms with van der Waals surface area (Å²) in [6.45, 7) is 1.47. The van der Waals surface area contributed by atoms with Crippen LogP contribution >= 0.6 is 15.9 Å². The summed E-state index contributed by atoms with van der Waals surface area (Å²) in [6, 6.07) is 12.7. The van der Waals surface area contributed by atoms with Gasteiger partial charge in [-0.05, 0) is 29.8 Å². The van der Waals surface area contributed by atoms with Gasteiger partial charge in [-0.1, -0.05) is 34.1 Å². The summed E-state index contributed by atoms with van der Waals surface area (Å²) in [5.74, 6) is 1.23. The van der Waals surface area contributed by atoms with Crippen LogP contribution in [0.1, 0.15) is 28.8 Å². The van der Waals surface area contributed by atoms with E-state index in [0.29, 0.717) is 31.1 Å². The Balaban J connectivity index is 1.46. The molecule has 0 saturated carbocycles. The standard InChI is InChI=1S/C19H18BrNO4/c20-15-4-2-14(3-5-15)16(22)6-8-19(23)21-12-13-1-7-17-18(11-13)25-10-9-24-17/h1-5,7,11H,6,8-10,12H2,(H,21,23). The predicted molar refractivity (Wildman–Crippen MR) is 97.0 cm³/mol. The average Bonchev–Trinajstić information content (AvgIpc) is 2.65. The third-order valence-corrected chi connectivity index (χ3v) is 4.37. The van der Waals surface area contributed by atoms with E-state index in [-0.39, 0.29) is 24.5 Å². The lowest BCUT2D eigenvalue weighted by molar-refractivity contribution is -0.121. The average molecular weight is 404 g/mol. The number of hydrogen-bond donors (Lipinski definition) is 1. The van der Waals surface area contributed by atoms with Crippen molar-refractivity contribution in [2.24, 2.45) is 0 Å². The molecule has 25 heavy (non-hydrogen) atoms. The van der Waals surface area contributed by atoms with Gasteiger partial charge in [-0.2, -0.15) is 0 Å². The molecule has 1 aliphatic heterocycles. The molecule has 0 unspecified atom stereocenters. The fraction of sp³-hybridized carbons (Fsp3) is 0.263. The Morgan fingerprint density at radius 1 is 0.960 bits per heavy atom. The smallest absolute Gasteiger partial charge is 0.220 e. The van der Waals surface area contributed by atoms with Gasteiger partial charge < -0.3 is 14.8 Å². The Bertz CT molecular complexity index is 773. The van der Waals surface area contributed by atoms with Gasteiger partial charge >= 0.3 is 0 Å². The number of carbonyl (C=O) groups excluding carboxylic acids is 2. The molecule has 0 atom stereocenters. The fourth-order valence-electron chi connectivity index (χ4n) is 2.49. The Morgan fingerprint density at radius 2 is 1.68 bits per heavy atom. The molecule has 0 bridgehead atoms. The number of ketones is 1. The van der Waals surface area contributed by atoms with Crippen LogP contribution in [0.5, 0.6) is 11.5 Å². The van der Waals surface area contributed by atoms with Gasteiger partial charge in [0, 0.05) is 29.4 Å². The van der Waals surface area contributed by atoms with Crippen molar-refractivity contribution in [3.8, 4) is 11.5 Å². The lowest BCUT2D eigenvalue weighted by Crippen LogP contribution is -2.23. The van der Waals surface area contributed by atoms with Crippen molar-refractivity contribution in [3.63, 3.8) is 0 Å². The first-order valence-electron chi connectivity index (χ1n) is 8.06. The zero-order chi connectivity index (χ0) is 17.6. The number of ether oxygens (including phenoxy) is 2. The van der Waals surface area contributed by atoms with Crippen LogP contribution in [-0.4, -0.2) is 24.9 Å². The van der Waals surface area contributed by atoms with E-state index in [0.717, 1.165) is 15.8 Å². The number of nitrogens with one attached hydrogen (secondary N) is 1. The number of rotatable bonds is 6. The summed E-state index contributed by atoms with van der Waals surface area (Å²) < 4.78 is 11.9. The van der Waals surface area contributed by atoms with Crippen molar-refractivity contribution in [1.29, 1.82) is 0 Å².